The molecular formula is C13H13Cl2N3O2. The fourth-order valence-corrected chi connectivity index (χ4v) is 1.74. The van der Waals surface area contributed by atoms with Crippen molar-refractivity contribution >= 4 is 28.9 Å². The molecule has 0 unspecified atom stereocenters. The largest absolute Gasteiger partial charge is 0.473 e. The van der Waals surface area contributed by atoms with Gasteiger partial charge in [-0.05, 0) is 26.0 Å². The van der Waals surface area contributed by atoms with Crippen molar-refractivity contribution in [2.24, 2.45) is 0 Å². The molecule has 5 nitrogen and oxygen atoms in total. The van der Waals surface area contributed by atoms with E-state index in [0.717, 1.165) is 0 Å². The first-order chi connectivity index (χ1) is 9.47. The van der Waals surface area contributed by atoms with Crippen LogP contribution >= 0.6 is 23.2 Å². The molecule has 1 aromatic carbocycles. The SMILES string of the molecule is CC(C)Oc1ncnc(Oc2cc(Cl)ccc2Cl)c1N. The highest BCUT2D eigenvalue weighted by Gasteiger charge is 2.14. The molecule has 0 fully saturated rings. The summed E-state index contributed by atoms with van der Waals surface area (Å²) in [7, 11) is 0. The molecule has 7 heteroatoms. The quantitative estimate of drug-likeness (QED) is 0.925. The van der Waals surface area contributed by atoms with Gasteiger partial charge in [-0.1, -0.05) is 23.2 Å². The number of anilines is 1. The molecule has 1 aromatic heterocycles. The standard InChI is InChI=1S/C13H13Cl2N3O2/c1-7(2)19-12-11(16)13(18-6-17-12)20-10-5-8(14)3-4-9(10)15/h3-7H,16H2,1-2H3. The molecule has 0 saturated carbocycles. The Kier molecular flexibility index (Phi) is 4.52. The Hall–Kier alpha value is -1.72. The molecule has 0 aliphatic rings. The number of rotatable bonds is 4. The van der Waals surface area contributed by atoms with E-state index in [-0.39, 0.29) is 23.6 Å². The van der Waals surface area contributed by atoms with E-state index in [4.69, 9.17) is 38.4 Å². The molecule has 0 radical (unpaired) electrons. The summed E-state index contributed by atoms with van der Waals surface area (Å²) in [4.78, 5) is 7.94. The number of benzene rings is 1. The molecule has 0 bridgehead atoms. The highest BCUT2D eigenvalue weighted by Crippen LogP contribution is 2.35. The Bertz CT molecular complexity index is 621. The van der Waals surface area contributed by atoms with E-state index >= 15 is 0 Å². The number of nitrogens with two attached hydrogens (primary N) is 1. The number of hydrogen-bond donors (Lipinski definition) is 1. The zero-order chi connectivity index (χ0) is 14.7. The second kappa shape index (κ2) is 6.15. The topological polar surface area (TPSA) is 70.3 Å². The van der Waals surface area contributed by atoms with Crippen LogP contribution in [0.3, 0.4) is 0 Å². The van der Waals surface area contributed by atoms with E-state index in [0.29, 0.717) is 15.8 Å². The molecule has 0 saturated heterocycles. The van der Waals surface area contributed by atoms with Crippen molar-refractivity contribution in [1.29, 1.82) is 0 Å². The summed E-state index contributed by atoms with van der Waals surface area (Å²) in [6.45, 7) is 3.74. The highest BCUT2D eigenvalue weighted by atomic mass is 35.5. The molecule has 106 valence electrons. The summed E-state index contributed by atoms with van der Waals surface area (Å²) in [5.74, 6) is 0.794. The van der Waals surface area contributed by atoms with Crippen LogP contribution < -0.4 is 15.2 Å². The van der Waals surface area contributed by atoms with Gasteiger partial charge in [-0.2, -0.15) is 9.97 Å². The highest BCUT2D eigenvalue weighted by molar-refractivity contribution is 6.34. The van der Waals surface area contributed by atoms with Gasteiger partial charge in [-0.15, -0.1) is 0 Å². The van der Waals surface area contributed by atoms with Crippen molar-refractivity contribution in [3.63, 3.8) is 0 Å². The number of nitrogen functional groups attached to an aromatic ring is 1. The summed E-state index contributed by atoms with van der Waals surface area (Å²) in [5.41, 5.74) is 6.12. The Morgan fingerprint density at radius 2 is 1.85 bits per heavy atom. The number of ether oxygens (including phenoxy) is 2. The molecule has 0 atom stereocenters. The van der Waals surface area contributed by atoms with Gasteiger partial charge in [0.2, 0.25) is 11.8 Å². The minimum absolute atomic E-state index is 0.0604. The average Bonchev–Trinajstić information content (AvgIpc) is 2.38. The van der Waals surface area contributed by atoms with Crippen LogP contribution in [-0.4, -0.2) is 16.1 Å². The second-order valence-corrected chi connectivity index (χ2v) is 5.08. The summed E-state index contributed by atoms with van der Waals surface area (Å²) >= 11 is 11.9. The van der Waals surface area contributed by atoms with Gasteiger partial charge in [0.25, 0.3) is 0 Å². The molecule has 2 aromatic rings. The maximum atomic E-state index is 6.02. The van der Waals surface area contributed by atoms with Gasteiger partial charge < -0.3 is 15.2 Å². The number of nitrogens with zero attached hydrogens (tertiary/aromatic N) is 2. The van der Waals surface area contributed by atoms with Crippen LogP contribution in [0, 0.1) is 0 Å². The van der Waals surface area contributed by atoms with E-state index in [1.54, 1.807) is 18.2 Å². The van der Waals surface area contributed by atoms with Crippen LogP contribution in [0.2, 0.25) is 10.0 Å². The number of aromatic nitrogens is 2. The first-order valence-electron chi connectivity index (χ1n) is 5.87. The monoisotopic (exact) mass is 313 g/mol. The Morgan fingerprint density at radius 3 is 2.55 bits per heavy atom. The summed E-state index contributed by atoms with van der Waals surface area (Å²) in [5, 5.41) is 0.898. The van der Waals surface area contributed by atoms with Crippen molar-refractivity contribution in [1.82, 2.24) is 9.97 Å². The van der Waals surface area contributed by atoms with Crippen molar-refractivity contribution in [3.05, 3.63) is 34.6 Å². The lowest BCUT2D eigenvalue weighted by molar-refractivity contribution is 0.233. The van der Waals surface area contributed by atoms with Crippen molar-refractivity contribution in [2.45, 2.75) is 20.0 Å². The third-order valence-electron chi connectivity index (χ3n) is 2.26. The second-order valence-electron chi connectivity index (χ2n) is 4.24. The van der Waals surface area contributed by atoms with Gasteiger partial charge >= 0.3 is 0 Å². The Labute approximate surface area is 126 Å². The maximum Gasteiger partial charge on any atom is 0.249 e. The lowest BCUT2D eigenvalue weighted by atomic mass is 10.3. The fourth-order valence-electron chi connectivity index (χ4n) is 1.42. The fraction of sp³-hybridized carbons (Fsp3) is 0.231. The average molecular weight is 314 g/mol. The summed E-state index contributed by atoms with van der Waals surface area (Å²) < 4.78 is 11.0. The van der Waals surface area contributed by atoms with E-state index in [2.05, 4.69) is 9.97 Å². The van der Waals surface area contributed by atoms with Gasteiger partial charge in [0.15, 0.2) is 5.69 Å². The van der Waals surface area contributed by atoms with Crippen LogP contribution in [0.5, 0.6) is 17.5 Å². The van der Waals surface area contributed by atoms with E-state index in [1.165, 1.54) is 6.33 Å². The lowest BCUT2D eigenvalue weighted by Crippen LogP contribution is -2.10. The molecule has 0 aliphatic heterocycles. The van der Waals surface area contributed by atoms with Crippen molar-refractivity contribution in [2.75, 3.05) is 5.73 Å². The zero-order valence-corrected chi connectivity index (χ0v) is 12.4. The minimum Gasteiger partial charge on any atom is -0.473 e. The third kappa shape index (κ3) is 3.43. The van der Waals surface area contributed by atoms with E-state index in [1.807, 2.05) is 13.8 Å². The van der Waals surface area contributed by atoms with Crippen LogP contribution in [0.1, 0.15) is 13.8 Å². The van der Waals surface area contributed by atoms with Gasteiger partial charge in [0.05, 0.1) is 11.1 Å². The molecule has 2 rings (SSSR count). The van der Waals surface area contributed by atoms with Crippen LogP contribution in [-0.2, 0) is 0 Å². The number of halogens is 2. The normalized spacial score (nSPS) is 10.7. The zero-order valence-electron chi connectivity index (χ0n) is 10.9. The first kappa shape index (κ1) is 14.7. The van der Waals surface area contributed by atoms with Crippen molar-refractivity contribution < 1.29 is 9.47 Å². The summed E-state index contributed by atoms with van der Waals surface area (Å²) in [6.07, 6.45) is 1.25. The van der Waals surface area contributed by atoms with Crippen molar-refractivity contribution in [3.8, 4) is 17.5 Å². The van der Waals surface area contributed by atoms with Gasteiger partial charge in [-0.3, -0.25) is 0 Å². The molecule has 0 aliphatic carbocycles. The van der Waals surface area contributed by atoms with E-state index in [9.17, 15) is 0 Å². The third-order valence-corrected chi connectivity index (χ3v) is 2.81. The van der Waals surface area contributed by atoms with Crippen LogP contribution in [0.15, 0.2) is 24.5 Å². The molecule has 20 heavy (non-hydrogen) atoms. The first-order valence-corrected chi connectivity index (χ1v) is 6.63. The molecule has 1 heterocycles. The van der Waals surface area contributed by atoms with Gasteiger partial charge in [0, 0.05) is 11.1 Å². The Morgan fingerprint density at radius 1 is 1.15 bits per heavy atom. The predicted molar refractivity (Wildman–Crippen MR) is 78.7 cm³/mol. The van der Waals surface area contributed by atoms with E-state index < -0.39 is 0 Å². The predicted octanol–water partition coefficient (Wildman–Crippen LogP) is 3.95. The molecular weight excluding hydrogens is 301 g/mol. The molecule has 0 spiro atoms. The molecule has 2 N–H and O–H groups in total. The smallest absolute Gasteiger partial charge is 0.249 e. The minimum atomic E-state index is -0.0604. The van der Waals surface area contributed by atoms with Crippen LogP contribution in [0.25, 0.3) is 0 Å². The Balaban J connectivity index is 2.32. The maximum absolute atomic E-state index is 6.02. The van der Waals surface area contributed by atoms with Gasteiger partial charge in [-0.25, -0.2) is 0 Å². The molecule has 0 amide bonds. The van der Waals surface area contributed by atoms with Crippen LogP contribution in [0.4, 0.5) is 5.69 Å². The van der Waals surface area contributed by atoms with Gasteiger partial charge in [0.1, 0.15) is 12.1 Å². The summed E-state index contributed by atoms with van der Waals surface area (Å²) in [6, 6.07) is 4.87. The lowest BCUT2D eigenvalue weighted by Gasteiger charge is -2.13. The number of hydrogen-bond acceptors (Lipinski definition) is 5.